The molecule has 43 heavy (non-hydrogen) atoms. The topological polar surface area (TPSA) is 74.3 Å². The lowest BCUT2D eigenvalue weighted by atomic mass is 9.87. The van der Waals surface area contributed by atoms with Crippen LogP contribution in [-0.2, 0) is 25.8 Å². The molecule has 0 atom stereocenters. The molecule has 4 nitrogen and oxygen atoms in total. The van der Waals surface area contributed by atoms with Crippen molar-refractivity contribution in [1.29, 1.82) is 0 Å². The lowest BCUT2D eigenvalue weighted by Crippen LogP contribution is -2.75. The molecule has 0 unspecified atom stereocenters. The summed E-state index contributed by atoms with van der Waals surface area (Å²) in [5.41, 5.74) is 0. The highest BCUT2D eigenvalue weighted by atomic mass is 32.2. The van der Waals surface area contributed by atoms with Gasteiger partial charge in [-0.15, -0.1) is 0 Å². The molecular weight excluding hydrogens is 691 g/mol. The number of hydrogen-bond donors (Lipinski definition) is 0. The highest BCUT2D eigenvalue weighted by molar-refractivity contribution is 7.97. The van der Waals surface area contributed by atoms with E-state index in [-0.39, 0.29) is 0 Å². The Hall–Kier alpha value is -1.26. The Morgan fingerprint density at radius 1 is 0.581 bits per heavy atom. The molecule has 0 aromatic heterocycles. The maximum Gasteiger partial charge on any atom is 0.460 e. The molecule has 0 amide bonds. The zero-order valence-electron chi connectivity index (χ0n) is 21.0. The smallest absolute Gasteiger partial charge is 0.460 e. The molecule has 2 fully saturated rings. The van der Waals surface area contributed by atoms with E-state index in [0.29, 0.717) is 22.6 Å². The Balaban J connectivity index is 0.000000541. The van der Waals surface area contributed by atoms with Gasteiger partial charge in [0.15, 0.2) is 21.7 Å². The lowest BCUT2D eigenvalue weighted by molar-refractivity contribution is -0.458. The second-order valence-electron chi connectivity index (χ2n) is 9.59. The first kappa shape index (κ1) is 39.8. The molecule has 2 aliphatic rings. The van der Waals surface area contributed by atoms with E-state index in [1.165, 1.54) is 56.5 Å². The molecule has 0 radical (unpaired) electrons. The molecule has 256 valence electrons. The van der Waals surface area contributed by atoms with E-state index < -0.39 is 57.1 Å². The first-order valence-corrected chi connectivity index (χ1v) is 14.8. The number of hydrogen-bond acceptors (Lipinski definition) is 4. The SMILES string of the molecule is O=C(C[S+]1CCCC1)C1CCCCC1.O=S(=O)([O-])C(F)(F)C(F)(F)C(F)(F)C(F)(F)C(F)(F)C(F)(F)C(F)(F)C(F)(F)F. The summed E-state index contributed by atoms with van der Waals surface area (Å²) in [6, 6.07) is 0. The number of ketones is 1. The maximum absolute atomic E-state index is 13.0. The zero-order valence-corrected chi connectivity index (χ0v) is 22.7. The van der Waals surface area contributed by atoms with Gasteiger partial charge >= 0.3 is 47.0 Å². The van der Waals surface area contributed by atoms with Gasteiger partial charge in [-0.1, -0.05) is 19.3 Å². The second kappa shape index (κ2) is 12.5. The fourth-order valence-electron chi connectivity index (χ4n) is 3.91. The van der Waals surface area contributed by atoms with Crippen LogP contribution in [0, 0.1) is 5.92 Å². The minimum atomic E-state index is -8.92. The summed E-state index contributed by atoms with van der Waals surface area (Å²) < 4.78 is 244. The molecule has 0 spiro atoms. The summed E-state index contributed by atoms with van der Waals surface area (Å²) in [6.07, 6.45) is 1.19. The van der Waals surface area contributed by atoms with E-state index in [2.05, 4.69) is 0 Å². The Labute approximate surface area is 234 Å². The fourth-order valence-corrected chi connectivity index (χ4v) is 6.71. The number of carbonyl (C=O) groups excluding carboxylic acids is 1. The largest absolute Gasteiger partial charge is 0.743 e. The van der Waals surface area contributed by atoms with Gasteiger partial charge in [-0.05, 0) is 36.6 Å². The Kier molecular flexibility index (Phi) is 11.6. The van der Waals surface area contributed by atoms with Crippen LogP contribution in [0.15, 0.2) is 0 Å². The number of rotatable bonds is 10. The van der Waals surface area contributed by atoms with E-state index in [4.69, 9.17) is 0 Å². The summed E-state index contributed by atoms with van der Waals surface area (Å²) >= 11 is 0. The minimum Gasteiger partial charge on any atom is -0.743 e. The van der Waals surface area contributed by atoms with Crippen molar-refractivity contribution in [3.8, 4) is 0 Å². The quantitative estimate of drug-likeness (QED) is 0.138. The van der Waals surface area contributed by atoms with E-state index in [1.807, 2.05) is 0 Å². The summed E-state index contributed by atoms with van der Waals surface area (Å²) in [6.45, 7) is 0. The molecule has 0 N–H and O–H groups in total. The predicted octanol–water partition coefficient (Wildman–Crippen LogP) is 7.05. The second-order valence-corrected chi connectivity index (χ2v) is 13.3. The van der Waals surface area contributed by atoms with Crippen LogP contribution >= 0.6 is 0 Å². The van der Waals surface area contributed by atoms with Crippen molar-refractivity contribution >= 4 is 26.8 Å². The van der Waals surface area contributed by atoms with Crippen LogP contribution in [-0.4, -0.2) is 83.0 Å². The van der Waals surface area contributed by atoms with Gasteiger partial charge in [0.05, 0.1) is 0 Å². The fraction of sp³-hybridized carbons (Fsp3) is 0.950. The van der Waals surface area contributed by atoms with E-state index in [1.54, 1.807) is 0 Å². The predicted molar refractivity (Wildman–Crippen MR) is 113 cm³/mol. The average Bonchev–Trinajstić information content (AvgIpc) is 3.36. The van der Waals surface area contributed by atoms with Crippen LogP contribution in [0.2, 0.25) is 0 Å². The Morgan fingerprint density at radius 2 is 0.930 bits per heavy atom. The molecule has 23 heteroatoms. The number of halogens is 17. The monoisotopic (exact) mass is 712 g/mol. The molecule has 2 rings (SSSR count). The summed E-state index contributed by atoms with van der Waals surface area (Å²) in [5.74, 6) is -47.5. The van der Waals surface area contributed by atoms with Gasteiger partial charge in [-0.25, -0.2) is 8.42 Å². The maximum atomic E-state index is 13.0. The van der Waals surface area contributed by atoms with Crippen LogP contribution in [0.5, 0.6) is 0 Å². The van der Waals surface area contributed by atoms with Crippen molar-refractivity contribution in [3.05, 3.63) is 0 Å². The van der Waals surface area contributed by atoms with E-state index in [9.17, 15) is 92.4 Å². The third-order valence-corrected chi connectivity index (χ3v) is 9.84. The molecule has 1 heterocycles. The molecular formula is C20H21F17O4S2. The lowest BCUT2D eigenvalue weighted by Gasteiger charge is -2.42. The van der Waals surface area contributed by atoms with Crippen LogP contribution in [0.4, 0.5) is 74.6 Å². The van der Waals surface area contributed by atoms with E-state index >= 15 is 0 Å². The highest BCUT2D eigenvalue weighted by Gasteiger charge is 2.95. The van der Waals surface area contributed by atoms with Crippen molar-refractivity contribution in [2.75, 3.05) is 17.3 Å². The van der Waals surface area contributed by atoms with Crippen LogP contribution < -0.4 is 0 Å². The molecule has 1 aliphatic heterocycles. The summed E-state index contributed by atoms with van der Waals surface area (Å²) in [7, 11) is -7.65. The molecule has 0 bridgehead atoms. The van der Waals surface area contributed by atoms with Gasteiger partial charge < -0.3 is 4.55 Å². The number of carbonyl (C=O) groups is 1. The van der Waals surface area contributed by atoms with Crippen LogP contribution in [0.3, 0.4) is 0 Å². The molecule has 0 aromatic carbocycles. The molecule has 0 aromatic rings. The first-order valence-electron chi connectivity index (χ1n) is 11.7. The molecule has 1 saturated heterocycles. The third-order valence-electron chi connectivity index (χ3n) is 6.53. The number of alkyl halides is 17. The summed E-state index contributed by atoms with van der Waals surface area (Å²) in [4.78, 5) is 12.0. The average molecular weight is 712 g/mol. The Bertz CT molecular complexity index is 1080. The Morgan fingerprint density at radius 3 is 1.28 bits per heavy atom. The van der Waals surface area contributed by atoms with Crippen molar-refractivity contribution < 1.29 is 92.4 Å². The van der Waals surface area contributed by atoms with Gasteiger partial charge in [0.2, 0.25) is 0 Å². The van der Waals surface area contributed by atoms with Gasteiger partial charge in [0.25, 0.3) is 0 Å². The van der Waals surface area contributed by atoms with Crippen molar-refractivity contribution in [1.82, 2.24) is 0 Å². The van der Waals surface area contributed by atoms with Crippen molar-refractivity contribution in [2.45, 2.75) is 91.9 Å². The van der Waals surface area contributed by atoms with E-state index in [0.717, 1.165) is 5.75 Å². The first-order chi connectivity index (χ1) is 18.9. The third kappa shape index (κ3) is 6.96. The molecule has 1 saturated carbocycles. The zero-order chi connectivity index (χ0) is 34.3. The minimum absolute atomic E-state index is 0.455. The van der Waals surface area contributed by atoms with Gasteiger partial charge in [-0.3, -0.25) is 4.79 Å². The molecule has 1 aliphatic carbocycles. The number of Topliss-reactive ketones (excluding diaryl/α,β-unsaturated/α-hetero) is 1. The standard InChI is InChI=1S/C12H21OS.C8HF17O3S/c13-12(10-14-8-4-5-9-14)11-6-2-1-3-7-11;9-1(10,3(13,14)5(17,18)7(21,22)23)2(11,12)4(15,16)6(19,20)8(24,25)29(26,27)28/h11H,1-10H2;(H,26,27,28)/q+1;/p-1. The van der Waals surface area contributed by atoms with Gasteiger partial charge in [0, 0.05) is 5.92 Å². The van der Waals surface area contributed by atoms with Crippen LogP contribution in [0.25, 0.3) is 0 Å². The normalized spacial score (nSPS) is 19.7. The van der Waals surface area contributed by atoms with Crippen LogP contribution in [0.1, 0.15) is 44.9 Å². The highest BCUT2D eigenvalue weighted by Crippen LogP contribution is 2.64. The van der Waals surface area contributed by atoms with Gasteiger partial charge in [-0.2, -0.15) is 74.6 Å². The van der Waals surface area contributed by atoms with Gasteiger partial charge in [0.1, 0.15) is 11.5 Å². The van der Waals surface area contributed by atoms with Crippen molar-refractivity contribution in [3.63, 3.8) is 0 Å². The van der Waals surface area contributed by atoms with Crippen molar-refractivity contribution in [2.24, 2.45) is 5.92 Å². The summed E-state index contributed by atoms with van der Waals surface area (Å²) in [5, 5.41) is -7.95.